The van der Waals surface area contributed by atoms with E-state index in [0.29, 0.717) is 47.9 Å². The summed E-state index contributed by atoms with van der Waals surface area (Å²) < 4.78 is 32.0. The van der Waals surface area contributed by atoms with Crippen molar-refractivity contribution in [1.29, 1.82) is 5.41 Å². The van der Waals surface area contributed by atoms with Crippen LogP contribution in [0.3, 0.4) is 0 Å². The van der Waals surface area contributed by atoms with E-state index in [0.717, 1.165) is 38.3 Å². The summed E-state index contributed by atoms with van der Waals surface area (Å²) in [7, 11) is 1.50. The molecule has 0 aliphatic heterocycles. The van der Waals surface area contributed by atoms with Gasteiger partial charge in [0.05, 0.1) is 19.4 Å². The minimum absolute atomic E-state index is 0.0957. The number of rotatable bonds is 14. The second kappa shape index (κ2) is 14.9. The first-order chi connectivity index (χ1) is 20.9. The molecule has 10 nitrogen and oxygen atoms in total. The number of aliphatic imine (C=N–C) groups is 1. The van der Waals surface area contributed by atoms with Gasteiger partial charge in [0, 0.05) is 29.1 Å². The number of halogens is 1. The molecule has 0 spiro atoms. The predicted molar refractivity (Wildman–Crippen MR) is 164 cm³/mol. The van der Waals surface area contributed by atoms with Gasteiger partial charge in [-0.1, -0.05) is 31.5 Å². The van der Waals surface area contributed by atoms with Crippen molar-refractivity contribution in [2.75, 3.05) is 37.4 Å². The van der Waals surface area contributed by atoms with E-state index >= 15 is 4.39 Å². The van der Waals surface area contributed by atoms with Crippen molar-refractivity contribution in [3.63, 3.8) is 0 Å². The third-order valence-corrected chi connectivity index (χ3v) is 7.13. The number of methoxy groups -OCH3 is 1. The number of hydrogen-bond acceptors (Lipinski definition) is 7. The molecule has 43 heavy (non-hydrogen) atoms. The zero-order valence-electron chi connectivity index (χ0n) is 24.2. The summed E-state index contributed by atoms with van der Waals surface area (Å²) in [6.07, 6.45) is 7.80. The zero-order chi connectivity index (χ0) is 30.7. The Labute approximate surface area is 250 Å². The van der Waals surface area contributed by atoms with Gasteiger partial charge in [0.1, 0.15) is 18.0 Å². The second-order valence-electron chi connectivity index (χ2n) is 9.97. The molecule has 11 heteroatoms. The van der Waals surface area contributed by atoms with Crippen LogP contribution < -0.4 is 20.7 Å². The average Bonchev–Trinajstić information content (AvgIpc) is 2.97. The molecule has 0 aromatic heterocycles. The highest BCUT2D eigenvalue weighted by molar-refractivity contribution is 6.15. The Hall–Kier alpha value is -4.77. The molecule has 4 N–H and O–H groups in total. The van der Waals surface area contributed by atoms with E-state index in [-0.39, 0.29) is 17.3 Å². The van der Waals surface area contributed by atoms with Crippen LogP contribution in [0.5, 0.6) is 5.75 Å². The summed E-state index contributed by atoms with van der Waals surface area (Å²) in [5.74, 6) is -0.790. The van der Waals surface area contributed by atoms with Crippen LogP contribution >= 0.6 is 0 Å². The maximum atomic E-state index is 15.0. The molecule has 2 aliphatic carbocycles. The first-order valence-corrected chi connectivity index (χ1v) is 14.1. The minimum Gasteiger partial charge on any atom is -0.493 e. The number of ether oxygens (including phenoxy) is 3. The molecule has 0 saturated heterocycles. The number of anilines is 2. The fraction of sp³-hybridized carbons (Fsp3) is 0.312. The molecule has 4 rings (SSSR count). The van der Waals surface area contributed by atoms with Crippen molar-refractivity contribution >= 4 is 35.2 Å². The normalized spacial score (nSPS) is 17.3. The Kier molecular flexibility index (Phi) is 10.8. The van der Waals surface area contributed by atoms with Crippen LogP contribution in [0.2, 0.25) is 0 Å². The number of carbonyl (C=O) groups excluding carboxylic acids is 2. The van der Waals surface area contributed by atoms with Crippen molar-refractivity contribution in [3.8, 4) is 5.75 Å². The topological polar surface area (TPSA) is 134 Å². The summed E-state index contributed by atoms with van der Waals surface area (Å²) in [5, 5.41) is 16.2. The van der Waals surface area contributed by atoms with Crippen molar-refractivity contribution in [1.82, 2.24) is 5.32 Å². The van der Waals surface area contributed by atoms with Crippen molar-refractivity contribution in [2.24, 2.45) is 10.4 Å². The monoisotopic (exact) mass is 589 g/mol. The van der Waals surface area contributed by atoms with Gasteiger partial charge in [-0.05, 0) is 62.7 Å². The molecule has 2 aliphatic rings. The van der Waals surface area contributed by atoms with Crippen LogP contribution in [0.15, 0.2) is 89.0 Å². The number of allylic oxidation sites excluding steroid dienone is 3. The Bertz CT molecular complexity index is 1450. The van der Waals surface area contributed by atoms with Gasteiger partial charge in [0.15, 0.2) is 23.1 Å². The van der Waals surface area contributed by atoms with Crippen LogP contribution in [-0.2, 0) is 19.1 Å². The largest absolute Gasteiger partial charge is 0.493 e. The summed E-state index contributed by atoms with van der Waals surface area (Å²) in [6, 6.07) is 12.9. The summed E-state index contributed by atoms with van der Waals surface area (Å²) in [5.41, 5.74) is 0.401. The lowest BCUT2D eigenvalue weighted by Crippen LogP contribution is -2.50. The standard InChI is InChI=1S/C32H36FN5O5/c1-3-35-15-8-16-42-29-19-26(36-21-34)22(17-28(29)41-2)20-43-27-12-11-24(18-25(27)33)38-31(40)32(13-7-14-32)30(39)37-23-9-5-4-6-10-23/h4-6,9-12,17-21,34-35H,3,7-8,13-16H2,1-2H3,(H,37,39)(H,38,40)/b22-20+,34-21?,36-26?. The number of nitrogens with zero attached hydrogens (tertiary/aromatic N) is 1. The lowest BCUT2D eigenvalue weighted by Gasteiger charge is -2.38. The van der Waals surface area contributed by atoms with Crippen molar-refractivity contribution < 1.29 is 28.2 Å². The molecule has 226 valence electrons. The Morgan fingerprint density at radius 2 is 1.79 bits per heavy atom. The van der Waals surface area contributed by atoms with E-state index in [1.54, 1.807) is 36.4 Å². The van der Waals surface area contributed by atoms with Crippen LogP contribution in [0.4, 0.5) is 15.8 Å². The van der Waals surface area contributed by atoms with Gasteiger partial charge < -0.3 is 30.2 Å². The van der Waals surface area contributed by atoms with Crippen LogP contribution in [0, 0.1) is 16.6 Å². The Morgan fingerprint density at radius 1 is 1.05 bits per heavy atom. The quantitative estimate of drug-likeness (QED) is 0.0774. The summed E-state index contributed by atoms with van der Waals surface area (Å²) >= 11 is 0. The molecule has 0 unspecified atom stereocenters. The van der Waals surface area contributed by atoms with Gasteiger partial charge in [0.2, 0.25) is 11.8 Å². The molecule has 0 atom stereocenters. The van der Waals surface area contributed by atoms with E-state index in [1.165, 1.54) is 25.5 Å². The van der Waals surface area contributed by atoms with Gasteiger partial charge in [-0.25, -0.2) is 9.38 Å². The number of para-hydroxylation sites is 1. The van der Waals surface area contributed by atoms with E-state index in [2.05, 4.69) is 20.9 Å². The third kappa shape index (κ3) is 7.75. The Balaban J connectivity index is 1.42. The highest BCUT2D eigenvalue weighted by atomic mass is 19.1. The number of hydrogen-bond donors (Lipinski definition) is 4. The SMILES string of the molecule is CCNCCCOC1=CC(=NC=N)/C(=C/Oc2ccc(NC(=O)C3(C(=O)Nc4ccccc4)CCC3)cc2F)C=C1OC. The fourth-order valence-electron chi connectivity index (χ4n) is 4.58. The van der Waals surface area contributed by atoms with Crippen molar-refractivity contribution in [3.05, 3.63) is 89.9 Å². The molecule has 0 bridgehead atoms. The van der Waals surface area contributed by atoms with Gasteiger partial charge >= 0.3 is 0 Å². The first kappa shape index (κ1) is 31.2. The summed E-state index contributed by atoms with van der Waals surface area (Å²) in [6.45, 7) is 4.18. The van der Waals surface area contributed by atoms with Crippen LogP contribution in [0.25, 0.3) is 0 Å². The highest BCUT2D eigenvalue weighted by Gasteiger charge is 2.50. The smallest absolute Gasteiger partial charge is 0.240 e. The first-order valence-electron chi connectivity index (χ1n) is 14.1. The molecule has 1 fully saturated rings. The maximum absolute atomic E-state index is 15.0. The lowest BCUT2D eigenvalue weighted by atomic mass is 9.67. The molecule has 2 amide bonds. The molecule has 0 radical (unpaired) electrons. The molecule has 1 saturated carbocycles. The van der Waals surface area contributed by atoms with Gasteiger partial charge in [-0.2, -0.15) is 0 Å². The molecular formula is C32H36FN5O5. The Morgan fingerprint density at radius 3 is 2.42 bits per heavy atom. The zero-order valence-corrected chi connectivity index (χ0v) is 24.2. The van der Waals surface area contributed by atoms with Gasteiger partial charge in [0.25, 0.3) is 0 Å². The minimum atomic E-state index is -1.22. The molecule has 2 aromatic carbocycles. The molecular weight excluding hydrogens is 553 g/mol. The van der Waals surface area contributed by atoms with Crippen LogP contribution in [-0.4, -0.2) is 50.7 Å². The van der Waals surface area contributed by atoms with E-state index < -0.39 is 17.1 Å². The summed E-state index contributed by atoms with van der Waals surface area (Å²) in [4.78, 5) is 30.2. The predicted octanol–water partition coefficient (Wildman–Crippen LogP) is 5.33. The fourth-order valence-corrected chi connectivity index (χ4v) is 4.58. The van der Waals surface area contributed by atoms with Crippen LogP contribution in [0.1, 0.15) is 32.6 Å². The van der Waals surface area contributed by atoms with E-state index in [9.17, 15) is 9.59 Å². The maximum Gasteiger partial charge on any atom is 0.240 e. The lowest BCUT2D eigenvalue weighted by molar-refractivity contribution is -0.142. The van der Waals surface area contributed by atoms with Gasteiger partial charge in [-0.3, -0.25) is 15.0 Å². The van der Waals surface area contributed by atoms with Crippen molar-refractivity contribution in [2.45, 2.75) is 32.6 Å². The average molecular weight is 590 g/mol. The van der Waals surface area contributed by atoms with E-state index in [4.69, 9.17) is 19.6 Å². The number of carbonyl (C=O) groups is 2. The molecule has 2 aromatic rings. The number of nitrogens with one attached hydrogen (secondary N) is 4. The van der Waals surface area contributed by atoms with Gasteiger partial charge in [-0.15, -0.1) is 0 Å². The second-order valence-corrected chi connectivity index (χ2v) is 9.97. The number of benzene rings is 2. The molecule has 0 heterocycles. The third-order valence-electron chi connectivity index (χ3n) is 7.13. The highest BCUT2D eigenvalue weighted by Crippen LogP contribution is 2.43. The van der Waals surface area contributed by atoms with E-state index in [1.807, 2.05) is 13.0 Å². The number of amides is 2.